The minimum atomic E-state index is 0.661. The van der Waals surface area contributed by atoms with Gasteiger partial charge in [-0.25, -0.2) is 0 Å². The maximum absolute atomic E-state index is 5.62. The van der Waals surface area contributed by atoms with Gasteiger partial charge in [-0.15, -0.1) is 0 Å². The zero-order valence-electron chi connectivity index (χ0n) is 11.8. The average Bonchev–Trinajstić information content (AvgIpc) is 3.00. The quantitative estimate of drug-likeness (QED) is 0.711. The fourth-order valence-corrected chi connectivity index (χ4v) is 1.84. The van der Waals surface area contributed by atoms with E-state index in [1.165, 1.54) is 0 Å². The van der Waals surface area contributed by atoms with Crippen LogP contribution in [0.15, 0.2) is 42.7 Å². The Morgan fingerprint density at radius 3 is 2.65 bits per heavy atom. The summed E-state index contributed by atoms with van der Waals surface area (Å²) in [4.78, 5) is 0. The molecule has 0 saturated heterocycles. The molecule has 0 amide bonds. The van der Waals surface area contributed by atoms with Gasteiger partial charge < -0.3 is 14.8 Å². The van der Waals surface area contributed by atoms with Crippen LogP contribution in [-0.2, 0) is 6.54 Å². The molecule has 0 aliphatic carbocycles. The number of methoxy groups -OCH3 is 1. The third-order valence-electron chi connectivity index (χ3n) is 2.91. The highest BCUT2D eigenvalue weighted by Gasteiger charge is 1.95. The van der Waals surface area contributed by atoms with E-state index in [-0.39, 0.29) is 0 Å². The Hall–Kier alpha value is -2.01. The van der Waals surface area contributed by atoms with Crippen LogP contribution in [0, 0.1) is 0 Å². The summed E-state index contributed by atoms with van der Waals surface area (Å²) < 4.78 is 12.7. The smallest absolute Gasteiger partial charge is 0.119 e. The fourth-order valence-electron chi connectivity index (χ4n) is 1.84. The van der Waals surface area contributed by atoms with E-state index < -0.39 is 0 Å². The molecule has 20 heavy (non-hydrogen) atoms. The maximum atomic E-state index is 5.62. The summed E-state index contributed by atoms with van der Waals surface area (Å²) in [5, 5.41) is 7.51. The second-order valence-corrected chi connectivity index (χ2v) is 4.40. The van der Waals surface area contributed by atoms with Crippen molar-refractivity contribution in [2.75, 3.05) is 26.8 Å². The molecule has 5 nitrogen and oxygen atoms in total. The molecule has 0 spiro atoms. The second-order valence-electron chi connectivity index (χ2n) is 4.40. The molecule has 0 radical (unpaired) electrons. The Morgan fingerprint density at radius 1 is 1.15 bits per heavy atom. The highest BCUT2D eigenvalue weighted by atomic mass is 16.5. The van der Waals surface area contributed by atoms with Crippen LogP contribution in [0.5, 0.6) is 11.5 Å². The van der Waals surface area contributed by atoms with Crippen molar-refractivity contribution in [2.24, 2.45) is 0 Å². The van der Waals surface area contributed by atoms with Crippen molar-refractivity contribution in [3.05, 3.63) is 42.7 Å². The Morgan fingerprint density at radius 2 is 1.95 bits per heavy atom. The largest absolute Gasteiger partial charge is 0.497 e. The van der Waals surface area contributed by atoms with Crippen LogP contribution in [0.2, 0.25) is 0 Å². The molecule has 0 aliphatic rings. The number of nitrogens with one attached hydrogen (secondary N) is 1. The highest BCUT2D eigenvalue weighted by molar-refractivity contribution is 5.31. The number of ether oxygens (including phenoxy) is 2. The summed E-state index contributed by atoms with van der Waals surface area (Å²) in [5.74, 6) is 1.71. The Balaban J connectivity index is 1.50. The SMILES string of the molecule is COc1ccc(OCCNCCCn2cccn2)cc1. The number of hydrogen-bond donors (Lipinski definition) is 1. The van der Waals surface area contributed by atoms with E-state index in [2.05, 4.69) is 10.4 Å². The lowest BCUT2D eigenvalue weighted by atomic mass is 10.3. The minimum absolute atomic E-state index is 0.661. The third-order valence-corrected chi connectivity index (χ3v) is 2.91. The van der Waals surface area contributed by atoms with Crippen molar-refractivity contribution in [2.45, 2.75) is 13.0 Å². The van der Waals surface area contributed by atoms with Crippen LogP contribution >= 0.6 is 0 Å². The topological polar surface area (TPSA) is 48.3 Å². The van der Waals surface area contributed by atoms with Gasteiger partial charge in [0.05, 0.1) is 7.11 Å². The predicted octanol–water partition coefficient (Wildman–Crippen LogP) is 1.95. The molecule has 1 aromatic carbocycles. The first-order valence-electron chi connectivity index (χ1n) is 6.83. The number of nitrogens with zero attached hydrogens (tertiary/aromatic N) is 2. The lowest BCUT2D eigenvalue weighted by molar-refractivity contribution is 0.312. The Bertz CT molecular complexity index is 468. The van der Waals surface area contributed by atoms with Crippen LogP contribution in [0.25, 0.3) is 0 Å². The van der Waals surface area contributed by atoms with Crippen molar-refractivity contribution in [1.29, 1.82) is 0 Å². The minimum Gasteiger partial charge on any atom is -0.497 e. The number of aryl methyl sites for hydroxylation is 1. The molecule has 0 bridgehead atoms. The predicted molar refractivity (Wildman–Crippen MR) is 78.2 cm³/mol. The zero-order chi connectivity index (χ0) is 14.0. The summed E-state index contributed by atoms with van der Waals surface area (Å²) in [6, 6.07) is 9.56. The van der Waals surface area contributed by atoms with E-state index in [0.29, 0.717) is 6.61 Å². The summed E-state index contributed by atoms with van der Waals surface area (Å²) in [6.07, 6.45) is 4.84. The van der Waals surface area contributed by atoms with Crippen LogP contribution in [-0.4, -0.2) is 36.6 Å². The number of benzene rings is 1. The number of rotatable bonds is 9. The van der Waals surface area contributed by atoms with Crippen LogP contribution in [0.3, 0.4) is 0 Å². The van der Waals surface area contributed by atoms with Gasteiger partial charge in [0, 0.05) is 25.5 Å². The average molecular weight is 275 g/mol. The molecule has 0 fully saturated rings. The van der Waals surface area contributed by atoms with Gasteiger partial charge in [0.1, 0.15) is 18.1 Å². The standard InChI is InChI=1S/C15H21N3O2/c1-19-14-4-6-15(7-5-14)20-13-10-16-8-2-11-18-12-3-9-17-18/h3-7,9,12,16H,2,8,10-11,13H2,1H3. The molecule has 0 saturated carbocycles. The van der Waals surface area contributed by atoms with Gasteiger partial charge in [0.15, 0.2) is 0 Å². The van der Waals surface area contributed by atoms with Crippen LogP contribution in [0.1, 0.15) is 6.42 Å². The highest BCUT2D eigenvalue weighted by Crippen LogP contribution is 2.16. The monoisotopic (exact) mass is 275 g/mol. The van der Waals surface area contributed by atoms with Crippen molar-refractivity contribution >= 4 is 0 Å². The maximum Gasteiger partial charge on any atom is 0.119 e. The zero-order valence-corrected chi connectivity index (χ0v) is 11.8. The van der Waals surface area contributed by atoms with E-state index in [0.717, 1.165) is 37.6 Å². The number of hydrogen-bond acceptors (Lipinski definition) is 4. The first-order valence-corrected chi connectivity index (χ1v) is 6.83. The van der Waals surface area contributed by atoms with E-state index in [9.17, 15) is 0 Å². The Labute approximate surface area is 119 Å². The van der Waals surface area contributed by atoms with Crippen LogP contribution in [0.4, 0.5) is 0 Å². The van der Waals surface area contributed by atoms with E-state index in [4.69, 9.17) is 9.47 Å². The molecule has 1 aromatic heterocycles. The van der Waals surface area contributed by atoms with Crippen molar-refractivity contribution in [3.8, 4) is 11.5 Å². The molecule has 0 atom stereocenters. The van der Waals surface area contributed by atoms with E-state index >= 15 is 0 Å². The number of aromatic nitrogens is 2. The molecular formula is C15H21N3O2. The molecule has 1 N–H and O–H groups in total. The molecule has 108 valence electrons. The second kappa shape index (κ2) is 8.22. The van der Waals surface area contributed by atoms with Gasteiger partial charge in [0.2, 0.25) is 0 Å². The van der Waals surface area contributed by atoms with E-state index in [1.807, 2.05) is 41.2 Å². The molecule has 2 aromatic rings. The molecule has 1 heterocycles. The van der Waals surface area contributed by atoms with Gasteiger partial charge in [0.25, 0.3) is 0 Å². The first-order chi connectivity index (χ1) is 9.88. The molecule has 0 aliphatic heterocycles. The van der Waals surface area contributed by atoms with Crippen molar-refractivity contribution < 1.29 is 9.47 Å². The lowest BCUT2D eigenvalue weighted by Gasteiger charge is -2.08. The molecular weight excluding hydrogens is 254 g/mol. The van der Waals surface area contributed by atoms with Gasteiger partial charge in [-0.2, -0.15) is 5.10 Å². The fraction of sp³-hybridized carbons (Fsp3) is 0.400. The summed E-state index contributed by atoms with van der Waals surface area (Å²) >= 11 is 0. The molecule has 0 unspecified atom stereocenters. The van der Waals surface area contributed by atoms with Gasteiger partial charge in [-0.1, -0.05) is 0 Å². The summed E-state index contributed by atoms with van der Waals surface area (Å²) in [6.45, 7) is 3.41. The summed E-state index contributed by atoms with van der Waals surface area (Å²) in [5.41, 5.74) is 0. The van der Waals surface area contributed by atoms with Gasteiger partial charge in [-0.05, 0) is 43.3 Å². The molecule has 2 rings (SSSR count). The van der Waals surface area contributed by atoms with Crippen molar-refractivity contribution in [1.82, 2.24) is 15.1 Å². The normalized spacial score (nSPS) is 10.4. The summed E-state index contributed by atoms with van der Waals surface area (Å²) in [7, 11) is 1.66. The first kappa shape index (κ1) is 14.4. The van der Waals surface area contributed by atoms with Crippen LogP contribution < -0.4 is 14.8 Å². The van der Waals surface area contributed by atoms with E-state index in [1.54, 1.807) is 13.3 Å². The Kier molecular flexibility index (Phi) is 5.92. The van der Waals surface area contributed by atoms with Gasteiger partial charge >= 0.3 is 0 Å². The third kappa shape index (κ3) is 4.93. The van der Waals surface area contributed by atoms with Gasteiger partial charge in [-0.3, -0.25) is 4.68 Å². The van der Waals surface area contributed by atoms with Crippen molar-refractivity contribution in [3.63, 3.8) is 0 Å². The molecule has 5 heteroatoms. The lowest BCUT2D eigenvalue weighted by Crippen LogP contribution is -2.23.